The van der Waals surface area contributed by atoms with E-state index in [9.17, 15) is 0 Å². The van der Waals surface area contributed by atoms with Crippen molar-refractivity contribution in [1.29, 1.82) is 0 Å². The van der Waals surface area contributed by atoms with Gasteiger partial charge in [-0.15, -0.1) is 11.6 Å². The smallest absolute Gasteiger partial charge is 0.113 e. The summed E-state index contributed by atoms with van der Waals surface area (Å²) >= 11 is 6.15. The minimum Gasteiger partial charge on any atom is -0.328 e. The number of para-hydroxylation sites is 2. The Hall–Kier alpha value is -1.28. The summed E-state index contributed by atoms with van der Waals surface area (Å²) in [5.41, 5.74) is 3.79. The summed E-state index contributed by atoms with van der Waals surface area (Å²) in [7, 11) is 0. The molecule has 1 aromatic carbocycles. The van der Waals surface area contributed by atoms with E-state index in [2.05, 4.69) is 41.8 Å². The molecule has 3 rings (SSSR count). The molecular formula is C16H19ClN2. The lowest BCUT2D eigenvalue weighted by molar-refractivity contribution is 0.660. The quantitative estimate of drug-likeness (QED) is 0.600. The van der Waals surface area contributed by atoms with Crippen molar-refractivity contribution in [1.82, 2.24) is 9.55 Å². The molecule has 0 N–H and O–H groups in total. The number of nitrogens with zero attached hydrogens (tertiary/aromatic N) is 2. The van der Waals surface area contributed by atoms with Crippen molar-refractivity contribution in [3.05, 3.63) is 41.7 Å². The van der Waals surface area contributed by atoms with E-state index in [4.69, 9.17) is 16.6 Å². The Morgan fingerprint density at radius 3 is 2.95 bits per heavy atom. The normalized spacial score (nSPS) is 19.1. The van der Waals surface area contributed by atoms with E-state index in [0.717, 1.165) is 37.7 Å². The van der Waals surface area contributed by atoms with Crippen molar-refractivity contribution in [2.45, 2.75) is 44.5 Å². The Balaban J connectivity index is 1.97. The Labute approximate surface area is 119 Å². The zero-order chi connectivity index (χ0) is 13.2. The number of hydrogen-bond acceptors (Lipinski definition) is 1. The van der Waals surface area contributed by atoms with Crippen LogP contribution in [0.4, 0.5) is 0 Å². The second kappa shape index (κ2) is 5.38. The van der Waals surface area contributed by atoms with E-state index in [1.54, 1.807) is 0 Å². The van der Waals surface area contributed by atoms with Gasteiger partial charge in [0.1, 0.15) is 5.82 Å². The van der Waals surface area contributed by atoms with Gasteiger partial charge in [-0.1, -0.05) is 30.7 Å². The van der Waals surface area contributed by atoms with Crippen molar-refractivity contribution < 1.29 is 0 Å². The minimum atomic E-state index is 0.221. The highest BCUT2D eigenvalue weighted by Crippen LogP contribution is 2.27. The first-order valence-electron chi connectivity index (χ1n) is 7.05. The first kappa shape index (κ1) is 12.7. The maximum Gasteiger partial charge on any atom is 0.113 e. The van der Waals surface area contributed by atoms with Crippen molar-refractivity contribution >= 4 is 22.6 Å². The van der Waals surface area contributed by atoms with Gasteiger partial charge in [0.2, 0.25) is 0 Å². The summed E-state index contributed by atoms with van der Waals surface area (Å²) in [5, 5.41) is 0.221. The molecule has 1 heterocycles. The van der Waals surface area contributed by atoms with Gasteiger partial charge < -0.3 is 4.57 Å². The first-order valence-corrected chi connectivity index (χ1v) is 7.49. The molecule has 100 valence electrons. The molecule has 0 fully saturated rings. The topological polar surface area (TPSA) is 17.8 Å². The summed E-state index contributed by atoms with van der Waals surface area (Å²) in [6, 6.07) is 8.40. The number of halogens is 1. The number of alkyl halides is 1. The molecule has 0 saturated heterocycles. The maximum absolute atomic E-state index is 6.15. The zero-order valence-electron chi connectivity index (χ0n) is 11.3. The van der Waals surface area contributed by atoms with Crippen LogP contribution in [0.3, 0.4) is 0 Å². The van der Waals surface area contributed by atoms with Gasteiger partial charge in [-0.25, -0.2) is 4.98 Å². The Morgan fingerprint density at radius 2 is 2.21 bits per heavy atom. The second-order valence-corrected chi connectivity index (χ2v) is 5.79. The fraction of sp³-hybridized carbons (Fsp3) is 0.438. The molecule has 0 spiro atoms. The van der Waals surface area contributed by atoms with Crippen molar-refractivity contribution in [2.24, 2.45) is 0 Å². The number of allylic oxidation sites excluding steroid dienone is 2. The summed E-state index contributed by atoms with van der Waals surface area (Å²) in [5.74, 6) is 1.18. The SMILES string of the molecule is CCCn1c(CC2=CC(Cl)CC2)nc2ccccc21. The van der Waals surface area contributed by atoms with Gasteiger partial charge in [0.15, 0.2) is 0 Å². The lowest BCUT2D eigenvalue weighted by Gasteiger charge is -2.08. The van der Waals surface area contributed by atoms with Crippen LogP contribution in [-0.4, -0.2) is 14.9 Å². The van der Waals surface area contributed by atoms with Crippen LogP contribution >= 0.6 is 11.6 Å². The Kier molecular flexibility index (Phi) is 3.61. The number of aromatic nitrogens is 2. The molecule has 0 amide bonds. The molecule has 2 aromatic rings. The number of hydrogen-bond donors (Lipinski definition) is 0. The molecular weight excluding hydrogens is 256 g/mol. The number of aryl methyl sites for hydroxylation is 1. The highest BCUT2D eigenvalue weighted by molar-refractivity contribution is 6.22. The van der Waals surface area contributed by atoms with Crippen LogP contribution in [0.1, 0.15) is 32.0 Å². The summed E-state index contributed by atoms with van der Waals surface area (Å²) < 4.78 is 2.36. The van der Waals surface area contributed by atoms with Gasteiger partial charge in [0, 0.05) is 13.0 Å². The summed E-state index contributed by atoms with van der Waals surface area (Å²) in [4.78, 5) is 4.80. The molecule has 19 heavy (non-hydrogen) atoms. The van der Waals surface area contributed by atoms with E-state index in [1.807, 2.05) is 0 Å². The van der Waals surface area contributed by atoms with Crippen LogP contribution in [0.25, 0.3) is 11.0 Å². The van der Waals surface area contributed by atoms with E-state index in [0.29, 0.717) is 0 Å². The summed E-state index contributed by atoms with van der Waals surface area (Å²) in [6.07, 6.45) is 6.47. The fourth-order valence-electron chi connectivity index (χ4n) is 2.83. The van der Waals surface area contributed by atoms with E-state index >= 15 is 0 Å². The third-order valence-corrected chi connectivity index (χ3v) is 4.07. The lowest BCUT2D eigenvalue weighted by Crippen LogP contribution is -2.04. The summed E-state index contributed by atoms with van der Waals surface area (Å²) in [6.45, 7) is 3.25. The monoisotopic (exact) mass is 274 g/mol. The van der Waals surface area contributed by atoms with Gasteiger partial charge in [0.05, 0.1) is 16.4 Å². The Bertz CT molecular complexity index is 612. The van der Waals surface area contributed by atoms with Crippen LogP contribution < -0.4 is 0 Å². The number of benzene rings is 1. The van der Waals surface area contributed by atoms with Gasteiger partial charge in [-0.05, 0) is 31.4 Å². The molecule has 1 unspecified atom stereocenters. The van der Waals surface area contributed by atoms with E-state index in [1.165, 1.54) is 16.9 Å². The standard InChI is InChI=1S/C16H19ClN2/c1-2-9-19-15-6-4-3-5-14(15)18-16(19)11-12-7-8-13(17)10-12/h3-6,10,13H,2,7-9,11H2,1H3. The third-order valence-electron chi connectivity index (χ3n) is 3.72. The second-order valence-electron chi connectivity index (χ2n) is 5.22. The fourth-order valence-corrected chi connectivity index (χ4v) is 3.12. The molecule has 0 saturated carbocycles. The molecule has 2 nitrogen and oxygen atoms in total. The highest BCUT2D eigenvalue weighted by Gasteiger charge is 2.16. The van der Waals surface area contributed by atoms with Crippen LogP contribution in [-0.2, 0) is 13.0 Å². The van der Waals surface area contributed by atoms with Crippen molar-refractivity contribution in [3.8, 4) is 0 Å². The average molecular weight is 275 g/mol. The highest BCUT2D eigenvalue weighted by atomic mass is 35.5. The van der Waals surface area contributed by atoms with Crippen LogP contribution in [0.5, 0.6) is 0 Å². The van der Waals surface area contributed by atoms with E-state index in [-0.39, 0.29) is 5.38 Å². The van der Waals surface area contributed by atoms with Gasteiger partial charge in [-0.2, -0.15) is 0 Å². The van der Waals surface area contributed by atoms with Crippen LogP contribution in [0.15, 0.2) is 35.9 Å². The molecule has 3 heteroatoms. The first-order chi connectivity index (χ1) is 9.28. The molecule has 0 bridgehead atoms. The predicted molar refractivity (Wildman–Crippen MR) is 80.7 cm³/mol. The largest absolute Gasteiger partial charge is 0.328 e. The van der Waals surface area contributed by atoms with Gasteiger partial charge in [-0.3, -0.25) is 0 Å². The average Bonchev–Trinajstić information content (AvgIpc) is 2.96. The van der Waals surface area contributed by atoms with Crippen molar-refractivity contribution in [2.75, 3.05) is 0 Å². The molecule has 0 aliphatic heterocycles. The van der Waals surface area contributed by atoms with Gasteiger partial charge in [0.25, 0.3) is 0 Å². The molecule has 1 aliphatic rings. The maximum atomic E-state index is 6.15. The van der Waals surface area contributed by atoms with Gasteiger partial charge >= 0.3 is 0 Å². The molecule has 0 radical (unpaired) electrons. The van der Waals surface area contributed by atoms with Crippen molar-refractivity contribution in [3.63, 3.8) is 0 Å². The van der Waals surface area contributed by atoms with E-state index < -0.39 is 0 Å². The Morgan fingerprint density at radius 1 is 1.37 bits per heavy atom. The molecule has 1 aromatic heterocycles. The van der Waals surface area contributed by atoms with Crippen LogP contribution in [0.2, 0.25) is 0 Å². The van der Waals surface area contributed by atoms with Crippen LogP contribution in [0, 0.1) is 0 Å². The zero-order valence-corrected chi connectivity index (χ0v) is 12.0. The number of fused-ring (bicyclic) bond motifs is 1. The lowest BCUT2D eigenvalue weighted by atomic mass is 10.1. The molecule has 1 atom stereocenters. The third kappa shape index (κ3) is 2.55. The predicted octanol–water partition coefficient (Wildman–Crippen LogP) is 4.32. The molecule has 1 aliphatic carbocycles. The number of rotatable bonds is 4. The minimum absolute atomic E-state index is 0.221. The number of imidazole rings is 1.